The zero-order chi connectivity index (χ0) is 27.8. The molecular weight excluding hydrogens is 492 g/mol. The molecule has 3 aromatic rings. The van der Waals surface area contributed by atoms with Gasteiger partial charge in [-0.25, -0.2) is 0 Å². The van der Waals surface area contributed by atoms with Crippen LogP contribution in [-0.2, 0) is 20.8 Å². The maximum atomic E-state index is 13.2. The lowest BCUT2D eigenvalue weighted by atomic mass is 9.66. The van der Waals surface area contributed by atoms with E-state index in [1.54, 1.807) is 0 Å². The van der Waals surface area contributed by atoms with E-state index in [0.717, 1.165) is 12.8 Å². The van der Waals surface area contributed by atoms with Crippen LogP contribution in [0.1, 0.15) is 52.5 Å². The van der Waals surface area contributed by atoms with E-state index in [9.17, 15) is 24.3 Å². The summed E-state index contributed by atoms with van der Waals surface area (Å²) in [5.74, 6) is -1.26. The van der Waals surface area contributed by atoms with Crippen molar-refractivity contribution in [2.75, 3.05) is 7.11 Å². The molecule has 1 aliphatic rings. The Morgan fingerprint density at radius 2 is 1.71 bits per heavy atom. The van der Waals surface area contributed by atoms with Gasteiger partial charge in [0.1, 0.15) is 34.0 Å². The minimum absolute atomic E-state index is 0.0246. The Morgan fingerprint density at radius 3 is 2.34 bits per heavy atom. The third-order valence-electron chi connectivity index (χ3n) is 7.00. The molecule has 1 atom stereocenters. The van der Waals surface area contributed by atoms with Crippen LogP contribution in [0.2, 0.25) is 0 Å². The normalized spacial score (nSPS) is 16.8. The van der Waals surface area contributed by atoms with Crippen molar-refractivity contribution in [1.29, 1.82) is 0 Å². The summed E-state index contributed by atoms with van der Waals surface area (Å²) in [4.78, 5) is 49.0. The first kappa shape index (κ1) is 26.9. The van der Waals surface area contributed by atoms with Crippen molar-refractivity contribution >= 4 is 28.7 Å². The van der Waals surface area contributed by atoms with E-state index in [4.69, 9.17) is 18.6 Å². The zero-order valence-electron chi connectivity index (χ0n) is 22.0. The number of ketones is 1. The van der Waals surface area contributed by atoms with Gasteiger partial charge in [0.25, 0.3) is 0 Å². The number of hydrogen-bond acceptors (Lipinski definition) is 9. The Hall–Kier alpha value is -4.14. The summed E-state index contributed by atoms with van der Waals surface area (Å²) >= 11 is 0. The van der Waals surface area contributed by atoms with Gasteiger partial charge in [-0.15, -0.1) is 0 Å². The van der Waals surface area contributed by atoms with Gasteiger partial charge in [0.15, 0.2) is 16.9 Å². The number of rotatable bonds is 6. The van der Waals surface area contributed by atoms with E-state index in [0.29, 0.717) is 23.3 Å². The number of fused-ring (bicyclic) bond motifs is 1. The van der Waals surface area contributed by atoms with Gasteiger partial charge in [-0.1, -0.05) is 13.8 Å². The van der Waals surface area contributed by atoms with Crippen molar-refractivity contribution in [3.05, 3.63) is 46.1 Å². The Morgan fingerprint density at radius 1 is 1.03 bits per heavy atom. The quantitative estimate of drug-likeness (QED) is 0.352. The average molecular weight is 523 g/mol. The molecule has 38 heavy (non-hydrogen) atoms. The molecule has 1 N–H and O–H groups in total. The predicted molar refractivity (Wildman–Crippen MR) is 139 cm³/mol. The van der Waals surface area contributed by atoms with Crippen LogP contribution in [0, 0.1) is 11.3 Å². The van der Waals surface area contributed by atoms with Crippen LogP contribution in [-0.4, -0.2) is 29.9 Å². The maximum absolute atomic E-state index is 13.2. The van der Waals surface area contributed by atoms with E-state index in [1.807, 2.05) is 13.8 Å². The van der Waals surface area contributed by atoms with Crippen molar-refractivity contribution < 1.29 is 38.1 Å². The summed E-state index contributed by atoms with van der Waals surface area (Å²) in [6.07, 6.45) is 2.44. The summed E-state index contributed by atoms with van der Waals surface area (Å²) in [5.41, 5.74) is 0.0752. The average Bonchev–Trinajstić information content (AvgIpc) is 2.82. The number of ether oxygens (including phenoxy) is 3. The number of aromatic hydroxyl groups is 1. The van der Waals surface area contributed by atoms with Crippen molar-refractivity contribution in [2.45, 2.75) is 53.4 Å². The topological polar surface area (TPSA) is 129 Å². The molecule has 0 saturated heterocycles. The second-order valence-corrected chi connectivity index (χ2v) is 10.2. The lowest BCUT2D eigenvalue weighted by Crippen LogP contribution is -2.36. The van der Waals surface area contributed by atoms with Crippen LogP contribution in [0.4, 0.5) is 0 Å². The lowest BCUT2D eigenvalue weighted by molar-refractivity contribution is -0.134. The van der Waals surface area contributed by atoms with Crippen LogP contribution >= 0.6 is 0 Å². The minimum Gasteiger partial charge on any atom is -0.507 e. The van der Waals surface area contributed by atoms with Gasteiger partial charge in [0.05, 0.1) is 7.11 Å². The number of Topliss-reactive ketones (excluding diaryl/α,β-unsaturated/α-hetero) is 1. The highest BCUT2D eigenvalue weighted by molar-refractivity contribution is 5.89. The summed E-state index contributed by atoms with van der Waals surface area (Å²) in [7, 11) is 1.44. The summed E-state index contributed by atoms with van der Waals surface area (Å²) in [5, 5.41) is 11.2. The second-order valence-electron chi connectivity index (χ2n) is 10.2. The molecular formula is C29H30O9. The van der Waals surface area contributed by atoms with Gasteiger partial charge in [-0.3, -0.25) is 19.2 Å². The lowest BCUT2D eigenvalue weighted by Gasteiger charge is -2.37. The van der Waals surface area contributed by atoms with Gasteiger partial charge in [0, 0.05) is 49.4 Å². The van der Waals surface area contributed by atoms with Gasteiger partial charge in [0.2, 0.25) is 0 Å². The predicted octanol–water partition coefficient (Wildman–Crippen LogP) is 4.96. The Kier molecular flexibility index (Phi) is 7.31. The van der Waals surface area contributed by atoms with E-state index in [2.05, 4.69) is 0 Å². The van der Waals surface area contributed by atoms with Crippen LogP contribution in [0.3, 0.4) is 0 Å². The molecule has 1 fully saturated rings. The Labute approximate surface area is 219 Å². The minimum atomic E-state index is -0.627. The standard InChI is InChI=1S/C29H30O9/c1-15(30)36-22-9-8-17(11-25(22)37-16(2)31)23-13-21(33)27-26(38-23)14-24(35-5)18(28(27)34)12-19-20(32)7-6-10-29(19,3)4/h8-9,11,13-14,19,34H,6-7,10,12H2,1-5H3. The van der Waals surface area contributed by atoms with E-state index in [1.165, 1.54) is 51.3 Å². The van der Waals surface area contributed by atoms with Gasteiger partial charge >= 0.3 is 11.9 Å². The molecule has 1 heterocycles. The summed E-state index contributed by atoms with van der Waals surface area (Å²) < 4.78 is 21.8. The van der Waals surface area contributed by atoms with Gasteiger partial charge in [-0.05, 0) is 42.9 Å². The highest BCUT2D eigenvalue weighted by Crippen LogP contribution is 2.45. The van der Waals surface area contributed by atoms with Crippen LogP contribution in [0.15, 0.2) is 39.5 Å². The molecule has 1 aromatic heterocycles. The third-order valence-corrected chi connectivity index (χ3v) is 7.00. The molecule has 2 aromatic carbocycles. The number of methoxy groups -OCH3 is 1. The Bertz CT molecular complexity index is 1500. The first-order chi connectivity index (χ1) is 17.9. The van der Waals surface area contributed by atoms with Crippen LogP contribution < -0.4 is 19.6 Å². The molecule has 0 amide bonds. The number of benzene rings is 2. The van der Waals surface area contributed by atoms with Gasteiger partial charge < -0.3 is 23.7 Å². The summed E-state index contributed by atoms with van der Waals surface area (Å²) in [6, 6.07) is 7.11. The molecule has 9 heteroatoms. The molecule has 0 bridgehead atoms. The Balaban J connectivity index is 1.82. The second kappa shape index (κ2) is 10.3. The van der Waals surface area contributed by atoms with E-state index < -0.39 is 17.4 Å². The smallest absolute Gasteiger partial charge is 0.308 e. The fourth-order valence-corrected chi connectivity index (χ4v) is 5.07. The largest absolute Gasteiger partial charge is 0.507 e. The first-order valence-corrected chi connectivity index (χ1v) is 12.3. The van der Waals surface area contributed by atoms with E-state index >= 15 is 0 Å². The maximum Gasteiger partial charge on any atom is 0.308 e. The highest BCUT2D eigenvalue weighted by Gasteiger charge is 2.39. The van der Waals surface area contributed by atoms with Crippen molar-refractivity contribution in [3.63, 3.8) is 0 Å². The molecule has 1 saturated carbocycles. The third kappa shape index (κ3) is 5.27. The van der Waals surface area contributed by atoms with Crippen LogP contribution in [0.25, 0.3) is 22.3 Å². The SMILES string of the molecule is COc1cc2oc(-c3ccc(OC(C)=O)c(OC(C)=O)c3)cc(=O)c2c(O)c1CC1C(=O)CCCC1(C)C. The molecule has 0 radical (unpaired) electrons. The fraction of sp³-hybridized carbons (Fsp3) is 0.379. The molecule has 0 spiro atoms. The number of phenols is 1. The number of esters is 2. The first-order valence-electron chi connectivity index (χ1n) is 12.3. The van der Waals surface area contributed by atoms with Crippen molar-refractivity contribution in [1.82, 2.24) is 0 Å². The van der Waals surface area contributed by atoms with Crippen molar-refractivity contribution in [3.8, 4) is 34.3 Å². The molecule has 9 nitrogen and oxygen atoms in total. The number of phenolic OH excluding ortho intramolecular Hbond substituents is 1. The number of carbonyl (C=O) groups is 3. The fourth-order valence-electron chi connectivity index (χ4n) is 5.07. The number of carbonyl (C=O) groups excluding carboxylic acids is 3. The van der Waals surface area contributed by atoms with Crippen LogP contribution in [0.5, 0.6) is 23.0 Å². The number of hydrogen-bond donors (Lipinski definition) is 1. The highest BCUT2D eigenvalue weighted by atomic mass is 16.6. The molecule has 0 aliphatic heterocycles. The summed E-state index contributed by atoms with van der Waals surface area (Å²) in [6.45, 7) is 6.50. The molecule has 200 valence electrons. The molecule has 1 aliphatic carbocycles. The van der Waals surface area contributed by atoms with E-state index in [-0.39, 0.29) is 57.5 Å². The van der Waals surface area contributed by atoms with Crippen molar-refractivity contribution in [2.24, 2.45) is 11.3 Å². The van der Waals surface area contributed by atoms with Gasteiger partial charge in [-0.2, -0.15) is 0 Å². The molecule has 4 rings (SSSR count). The zero-order valence-corrected chi connectivity index (χ0v) is 22.0. The monoisotopic (exact) mass is 522 g/mol. The molecule has 1 unspecified atom stereocenters.